The van der Waals surface area contributed by atoms with Gasteiger partial charge in [-0.1, -0.05) is 49.9 Å². The Kier molecular flexibility index (Phi) is 6.15. The molecule has 0 spiro atoms. The van der Waals surface area contributed by atoms with E-state index < -0.39 is 11.4 Å². The highest BCUT2D eigenvalue weighted by atomic mass is 35.5. The Balaban J connectivity index is 3.05. The molecular formula is C15H20Cl2O2. The molecule has 1 N–H and O–H groups in total. The minimum Gasteiger partial charge on any atom is -0.481 e. The second kappa shape index (κ2) is 7.16. The van der Waals surface area contributed by atoms with Gasteiger partial charge in [-0.3, -0.25) is 4.79 Å². The van der Waals surface area contributed by atoms with Crippen molar-refractivity contribution in [3.8, 4) is 0 Å². The zero-order valence-corrected chi connectivity index (χ0v) is 12.9. The molecule has 4 heteroatoms. The Morgan fingerprint density at radius 2 is 2.00 bits per heavy atom. The number of carboxylic acid groups (broad SMARTS) is 1. The highest BCUT2D eigenvalue weighted by molar-refractivity contribution is 6.33. The number of benzene rings is 1. The number of hydrogen-bond acceptors (Lipinski definition) is 1. The van der Waals surface area contributed by atoms with Gasteiger partial charge in [0.15, 0.2) is 0 Å². The van der Waals surface area contributed by atoms with Crippen molar-refractivity contribution in [3.05, 3.63) is 33.8 Å². The molecule has 0 fully saturated rings. The average molecular weight is 303 g/mol. The molecule has 0 aromatic heterocycles. The van der Waals surface area contributed by atoms with Crippen LogP contribution in [0.15, 0.2) is 18.2 Å². The molecule has 0 bridgehead atoms. The van der Waals surface area contributed by atoms with Crippen LogP contribution in [0.5, 0.6) is 0 Å². The Labute approximate surface area is 124 Å². The van der Waals surface area contributed by atoms with Crippen LogP contribution in [-0.4, -0.2) is 11.1 Å². The van der Waals surface area contributed by atoms with Gasteiger partial charge in [0.2, 0.25) is 0 Å². The molecule has 1 aromatic rings. The summed E-state index contributed by atoms with van der Waals surface area (Å²) in [4.78, 5) is 11.7. The largest absolute Gasteiger partial charge is 0.481 e. The second-order valence-corrected chi connectivity index (χ2v) is 5.80. The number of aliphatic carboxylic acids is 1. The molecule has 0 saturated carbocycles. The molecule has 0 aliphatic carbocycles. The van der Waals surface area contributed by atoms with E-state index in [9.17, 15) is 9.90 Å². The Morgan fingerprint density at radius 3 is 2.53 bits per heavy atom. The van der Waals surface area contributed by atoms with Crippen molar-refractivity contribution in [2.45, 2.75) is 46.0 Å². The van der Waals surface area contributed by atoms with Gasteiger partial charge in [-0.15, -0.1) is 0 Å². The van der Waals surface area contributed by atoms with Crippen LogP contribution in [0.4, 0.5) is 0 Å². The van der Waals surface area contributed by atoms with Crippen LogP contribution < -0.4 is 0 Å². The van der Waals surface area contributed by atoms with Crippen LogP contribution in [0.3, 0.4) is 0 Å². The van der Waals surface area contributed by atoms with Gasteiger partial charge in [0, 0.05) is 10.0 Å². The summed E-state index contributed by atoms with van der Waals surface area (Å²) in [5, 5.41) is 10.8. The highest BCUT2D eigenvalue weighted by Gasteiger charge is 2.36. The van der Waals surface area contributed by atoms with Crippen molar-refractivity contribution in [2.75, 3.05) is 0 Å². The summed E-state index contributed by atoms with van der Waals surface area (Å²) in [5.74, 6) is -0.750. The quantitative estimate of drug-likeness (QED) is 0.751. The first-order chi connectivity index (χ1) is 8.95. The molecule has 0 radical (unpaired) electrons. The van der Waals surface area contributed by atoms with Gasteiger partial charge < -0.3 is 5.11 Å². The van der Waals surface area contributed by atoms with E-state index in [0.29, 0.717) is 29.3 Å². The fourth-order valence-corrected chi connectivity index (χ4v) is 2.66. The zero-order valence-electron chi connectivity index (χ0n) is 11.4. The minimum atomic E-state index is -0.750. The smallest absolute Gasteiger partial charge is 0.309 e. The standard InChI is InChI=1S/C15H20Cl2O2/c1-3-5-8-15(4-2,14(18)19)10-11-9-12(16)6-7-13(11)17/h6-7,9H,3-5,8,10H2,1-2H3,(H,18,19). The molecule has 0 saturated heterocycles. The number of halogens is 2. The monoisotopic (exact) mass is 302 g/mol. The molecule has 1 unspecified atom stereocenters. The summed E-state index contributed by atoms with van der Waals surface area (Å²) in [6, 6.07) is 5.21. The van der Waals surface area contributed by atoms with Crippen molar-refractivity contribution >= 4 is 29.2 Å². The van der Waals surface area contributed by atoms with Gasteiger partial charge in [-0.05, 0) is 43.0 Å². The number of unbranched alkanes of at least 4 members (excludes halogenated alkanes) is 1. The molecule has 0 heterocycles. The highest BCUT2D eigenvalue weighted by Crippen LogP contribution is 2.36. The van der Waals surface area contributed by atoms with Crippen molar-refractivity contribution in [2.24, 2.45) is 5.41 Å². The zero-order chi connectivity index (χ0) is 14.5. The van der Waals surface area contributed by atoms with Crippen molar-refractivity contribution in [1.29, 1.82) is 0 Å². The van der Waals surface area contributed by atoms with E-state index >= 15 is 0 Å². The van der Waals surface area contributed by atoms with Crippen LogP contribution in [0.1, 0.15) is 45.1 Å². The van der Waals surface area contributed by atoms with Gasteiger partial charge in [0.05, 0.1) is 5.41 Å². The molecule has 0 aliphatic heterocycles. The maximum absolute atomic E-state index is 11.7. The molecular weight excluding hydrogens is 283 g/mol. The molecule has 19 heavy (non-hydrogen) atoms. The molecule has 0 amide bonds. The van der Waals surface area contributed by atoms with Gasteiger partial charge in [-0.2, -0.15) is 0 Å². The van der Waals surface area contributed by atoms with Crippen LogP contribution in [0.2, 0.25) is 10.0 Å². The SMILES string of the molecule is CCCCC(CC)(Cc1cc(Cl)ccc1Cl)C(=O)O. The van der Waals surface area contributed by atoms with E-state index in [4.69, 9.17) is 23.2 Å². The summed E-state index contributed by atoms with van der Waals surface area (Å²) in [5.41, 5.74) is 0.0687. The van der Waals surface area contributed by atoms with Gasteiger partial charge >= 0.3 is 5.97 Å². The predicted molar refractivity (Wildman–Crippen MR) is 80.1 cm³/mol. The lowest BCUT2D eigenvalue weighted by Crippen LogP contribution is -2.33. The molecule has 1 atom stereocenters. The molecule has 0 aliphatic rings. The van der Waals surface area contributed by atoms with Crippen molar-refractivity contribution in [3.63, 3.8) is 0 Å². The lowest BCUT2D eigenvalue weighted by atomic mass is 9.75. The second-order valence-electron chi connectivity index (χ2n) is 4.96. The van der Waals surface area contributed by atoms with E-state index in [1.807, 2.05) is 6.92 Å². The third-order valence-corrected chi connectivity index (χ3v) is 4.28. The molecule has 1 rings (SSSR count). The minimum absolute atomic E-state index is 0.429. The number of rotatable bonds is 7. The van der Waals surface area contributed by atoms with Gasteiger partial charge in [-0.25, -0.2) is 0 Å². The lowest BCUT2D eigenvalue weighted by molar-refractivity contribution is -0.149. The number of carbonyl (C=O) groups is 1. The summed E-state index contributed by atoms with van der Waals surface area (Å²) in [6.45, 7) is 3.98. The van der Waals surface area contributed by atoms with E-state index in [1.165, 1.54) is 0 Å². The third-order valence-electron chi connectivity index (χ3n) is 3.68. The van der Waals surface area contributed by atoms with Crippen molar-refractivity contribution in [1.82, 2.24) is 0 Å². The van der Waals surface area contributed by atoms with Crippen LogP contribution in [0, 0.1) is 5.41 Å². The number of carboxylic acids is 1. The normalized spacial score (nSPS) is 14.1. The maximum atomic E-state index is 11.7. The van der Waals surface area contributed by atoms with E-state index in [-0.39, 0.29) is 0 Å². The topological polar surface area (TPSA) is 37.3 Å². The van der Waals surface area contributed by atoms with E-state index in [2.05, 4.69) is 6.92 Å². The first-order valence-electron chi connectivity index (χ1n) is 6.62. The van der Waals surface area contributed by atoms with Crippen molar-refractivity contribution < 1.29 is 9.90 Å². The van der Waals surface area contributed by atoms with Crippen LogP contribution >= 0.6 is 23.2 Å². The van der Waals surface area contributed by atoms with Gasteiger partial charge in [0.1, 0.15) is 0 Å². The third kappa shape index (κ3) is 4.12. The molecule has 1 aromatic carbocycles. The number of hydrogen-bond donors (Lipinski definition) is 1. The first kappa shape index (κ1) is 16.3. The molecule has 2 nitrogen and oxygen atoms in total. The first-order valence-corrected chi connectivity index (χ1v) is 7.38. The Hall–Kier alpha value is -0.730. The summed E-state index contributed by atoms with van der Waals surface area (Å²) < 4.78 is 0. The average Bonchev–Trinajstić information content (AvgIpc) is 2.38. The van der Waals surface area contributed by atoms with Gasteiger partial charge in [0.25, 0.3) is 0 Å². The fourth-order valence-electron chi connectivity index (χ4n) is 2.28. The van der Waals surface area contributed by atoms with Crippen LogP contribution in [-0.2, 0) is 11.2 Å². The molecule has 106 valence electrons. The maximum Gasteiger partial charge on any atom is 0.309 e. The summed E-state index contributed by atoms with van der Waals surface area (Å²) >= 11 is 12.1. The Morgan fingerprint density at radius 1 is 1.32 bits per heavy atom. The summed E-state index contributed by atoms with van der Waals surface area (Å²) in [6.07, 6.45) is 3.57. The predicted octanol–water partition coefficient (Wildman–Crippen LogP) is 5.21. The fraction of sp³-hybridized carbons (Fsp3) is 0.533. The van der Waals surface area contributed by atoms with Crippen LogP contribution in [0.25, 0.3) is 0 Å². The van der Waals surface area contributed by atoms with E-state index in [1.54, 1.807) is 18.2 Å². The van der Waals surface area contributed by atoms with E-state index in [0.717, 1.165) is 18.4 Å². The Bertz CT molecular complexity index is 446. The summed E-state index contributed by atoms with van der Waals surface area (Å²) in [7, 11) is 0. The lowest BCUT2D eigenvalue weighted by Gasteiger charge is -2.28.